The fraction of sp³-hybridized carbons (Fsp3) is 0.579. The lowest BCUT2D eigenvalue weighted by Crippen LogP contribution is -2.64. The first-order valence-corrected chi connectivity index (χ1v) is 9.64. The predicted molar refractivity (Wildman–Crippen MR) is 98.8 cm³/mol. The van der Waals surface area contributed by atoms with Crippen molar-refractivity contribution in [2.45, 2.75) is 61.3 Å². The molecule has 0 spiro atoms. The molecule has 31 heavy (non-hydrogen) atoms. The number of benzene rings is 1. The molecule has 3 heterocycles. The highest BCUT2D eigenvalue weighted by molar-refractivity contribution is 5.95. The normalized spacial score (nSPS) is 42.4. The van der Waals surface area contributed by atoms with Crippen LogP contribution in [0.25, 0.3) is 0 Å². The number of aliphatic hydroxyl groups is 5. The van der Waals surface area contributed by atoms with Crippen LogP contribution in [-0.2, 0) is 23.7 Å². The SMILES string of the molecule is O=C(O)[C@H]1O[C@@H](O[C@H]2[C@@H](O)[C@@H](CO)O[C@@H]3OC(c4ccccc4)=N[C@@H]32)[C@H](O)[C@@H](O)[C@@H]1O. The Labute approximate surface area is 175 Å². The zero-order chi connectivity index (χ0) is 22.3. The molecule has 10 atom stereocenters. The van der Waals surface area contributed by atoms with Gasteiger partial charge >= 0.3 is 5.97 Å². The molecule has 12 nitrogen and oxygen atoms in total. The van der Waals surface area contributed by atoms with E-state index in [4.69, 9.17) is 18.9 Å². The van der Waals surface area contributed by atoms with Gasteiger partial charge in [0.25, 0.3) is 0 Å². The van der Waals surface area contributed by atoms with Crippen molar-refractivity contribution in [2.75, 3.05) is 6.61 Å². The van der Waals surface area contributed by atoms with Crippen LogP contribution in [0.15, 0.2) is 35.3 Å². The lowest BCUT2D eigenvalue weighted by Gasteiger charge is -2.44. The zero-order valence-corrected chi connectivity index (χ0v) is 16.0. The topological polar surface area (TPSA) is 188 Å². The van der Waals surface area contributed by atoms with E-state index in [0.717, 1.165) is 0 Å². The average molecular weight is 441 g/mol. The highest BCUT2D eigenvalue weighted by Crippen LogP contribution is 2.34. The van der Waals surface area contributed by atoms with Gasteiger partial charge in [-0.05, 0) is 12.1 Å². The minimum atomic E-state index is -1.89. The Bertz CT molecular complexity index is 820. The van der Waals surface area contributed by atoms with E-state index in [0.29, 0.717) is 5.56 Å². The number of rotatable bonds is 5. The van der Waals surface area contributed by atoms with Crippen molar-refractivity contribution in [3.63, 3.8) is 0 Å². The third-order valence-electron chi connectivity index (χ3n) is 5.44. The van der Waals surface area contributed by atoms with E-state index in [1.165, 1.54) is 0 Å². The second-order valence-corrected chi connectivity index (χ2v) is 7.46. The molecule has 0 aliphatic carbocycles. The van der Waals surface area contributed by atoms with Gasteiger partial charge in [-0.3, -0.25) is 0 Å². The average Bonchev–Trinajstić information content (AvgIpc) is 3.19. The number of aliphatic carboxylic acids is 1. The van der Waals surface area contributed by atoms with Gasteiger partial charge in [0, 0.05) is 5.56 Å². The summed E-state index contributed by atoms with van der Waals surface area (Å²) < 4.78 is 22.1. The lowest BCUT2D eigenvalue weighted by molar-refractivity contribution is -0.331. The molecule has 3 aliphatic heterocycles. The molecule has 1 aromatic carbocycles. The van der Waals surface area contributed by atoms with E-state index in [-0.39, 0.29) is 5.90 Å². The quantitative estimate of drug-likeness (QED) is 0.277. The fourth-order valence-corrected chi connectivity index (χ4v) is 3.76. The van der Waals surface area contributed by atoms with Crippen molar-refractivity contribution in [2.24, 2.45) is 4.99 Å². The standard InChI is InChI=1S/C19H23NO11/c21-6-8-10(22)14(29-19-13(25)11(23)12(24)15(30-19)17(26)27)9-18(28-8)31-16(20-9)7-4-2-1-3-5-7/h1-5,8-15,18-19,21-25H,6H2,(H,26,27)/t8-,9-,10+,11+,12+,13-,14-,15+,18-,19-/m1/s1. The van der Waals surface area contributed by atoms with Crippen LogP contribution in [-0.4, -0.2) is 110 Å². The maximum atomic E-state index is 11.3. The third kappa shape index (κ3) is 4.04. The molecule has 2 saturated heterocycles. The Balaban J connectivity index is 1.60. The molecule has 0 bridgehead atoms. The molecule has 0 radical (unpaired) electrons. The molecule has 0 unspecified atom stereocenters. The van der Waals surface area contributed by atoms with E-state index >= 15 is 0 Å². The number of fused-ring (bicyclic) bond motifs is 1. The first-order valence-electron chi connectivity index (χ1n) is 9.64. The maximum Gasteiger partial charge on any atom is 0.335 e. The summed E-state index contributed by atoms with van der Waals surface area (Å²) in [5, 5.41) is 59.5. The van der Waals surface area contributed by atoms with Crippen LogP contribution < -0.4 is 0 Å². The molecular weight excluding hydrogens is 418 g/mol. The summed E-state index contributed by atoms with van der Waals surface area (Å²) in [5.41, 5.74) is 0.632. The van der Waals surface area contributed by atoms with Crippen LogP contribution in [0.4, 0.5) is 0 Å². The van der Waals surface area contributed by atoms with Gasteiger partial charge in [0.05, 0.1) is 6.61 Å². The molecular formula is C19H23NO11. The van der Waals surface area contributed by atoms with Gasteiger partial charge in [0.1, 0.15) is 42.7 Å². The molecule has 2 fully saturated rings. The van der Waals surface area contributed by atoms with Crippen LogP contribution in [0.3, 0.4) is 0 Å². The molecule has 0 saturated carbocycles. The smallest absolute Gasteiger partial charge is 0.335 e. The van der Waals surface area contributed by atoms with Crippen molar-refractivity contribution in [3.8, 4) is 0 Å². The minimum Gasteiger partial charge on any atom is -0.479 e. The number of carbonyl (C=O) groups is 1. The van der Waals surface area contributed by atoms with Crippen molar-refractivity contribution in [1.82, 2.24) is 0 Å². The predicted octanol–water partition coefficient (Wildman–Crippen LogP) is -2.81. The molecule has 0 aromatic heterocycles. The van der Waals surface area contributed by atoms with Gasteiger partial charge in [0.2, 0.25) is 12.2 Å². The van der Waals surface area contributed by atoms with Gasteiger partial charge in [-0.2, -0.15) is 0 Å². The lowest BCUT2D eigenvalue weighted by atomic mass is 9.96. The van der Waals surface area contributed by atoms with E-state index in [1.807, 2.05) is 0 Å². The Morgan fingerprint density at radius 1 is 1.00 bits per heavy atom. The van der Waals surface area contributed by atoms with Crippen molar-refractivity contribution >= 4 is 11.9 Å². The number of hydrogen-bond acceptors (Lipinski definition) is 11. The number of nitrogens with zero attached hydrogens (tertiary/aromatic N) is 1. The van der Waals surface area contributed by atoms with Crippen LogP contribution in [0.1, 0.15) is 5.56 Å². The number of aliphatic hydroxyl groups excluding tert-OH is 5. The Hall–Kier alpha value is -2.16. The minimum absolute atomic E-state index is 0.207. The summed E-state index contributed by atoms with van der Waals surface area (Å²) in [6.45, 7) is -0.582. The number of ether oxygens (including phenoxy) is 4. The van der Waals surface area contributed by atoms with Crippen LogP contribution >= 0.6 is 0 Å². The van der Waals surface area contributed by atoms with E-state index in [9.17, 15) is 35.4 Å². The van der Waals surface area contributed by atoms with E-state index in [2.05, 4.69) is 4.99 Å². The fourth-order valence-electron chi connectivity index (χ4n) is 3.76. The summed E-state index contributed by atoms with van der Waals surface area (Å²) >= 11 is 0. The summed E-state index contributed by atoms with van der Waals surface area (Å²) in [7, 11) is 0. The summed E-state index contributed by atoms with van der Waals surface area (Å²) in [6.07, 6.45) is -14.0. The molecule has 0 amide bonds. The van der Waals surface area contributed by atoms with Crippen molar-refractivity contribution in [3.05, 3.63) is 35.9 Å². The molecule has 12 heteroatoms. The monoisotopic (exact) mass is 441 g/mol. The molecule has 4 rings (SSSR count). The van der Waals surface area contributed by atoms with Gasteiger partial charge in [-0.15, -0.1) is 0 Å². The second kappa shape index (κ2) is 8.76. The largest absolute Gasteiger partial charge is 0.479 e. The third-order valence-corrected chi connectivity index (χ3v) is 5.44. The first kappa shape index (κ1) is 22.0. The highest BCUT2D eigenvalue weighted by Gasteiger charge is 2.54. The second-order valence-electron chi connectivity index (χ2n) is 7.46. The van der Waals surface area contributed by atoms with Gasteiger partial charge < -0.3 is 49.6 Å². The number of carboxylic acids is 1. The Morgan fingerprint density at radius 2 is 1.71 bits per heavy atom. The number of carboxylic acid groups (broad SMARTS) is 1. The molecule has 1 aromatic rings. The molecule has 170 valence electrons. The van der Waals surface area contributed by atoms with E-state index in [1.54, 1.807) is 30.3 Å². The van der Waals surface area contributed by atoms with Crippen molar-refractivity contribution in [1.29, 1.82) is 0 Å². The zero-order valence-electron chi connectivity index (χ0n) is 16.0. The van der Waals surface area contributed by atoms with Gasteiger partial charge in [0.15, 0.2) is 12.4 Å². The van der Waals surface area contributed by atoms with Crippen LogP contribution in [0.5, 0.6) is 0 Å². The van der Waals surface area contributed by atoms with Crippen LogP contribution in [0.2, 0.25) is 0 Å². The Kier molecular flexibility index (Phi) is 6.23. The number of hydrogen-bond donors (Lipinski definition) is 6. The molecule has 3 aliphatic rings. The van der Waals surface area contributed by atoms with Crippen LogP contribution in [0, 0.1) is 0 Å². The first-order chi connectivity index (χ1) is 14.8. The van der Waals surface area contributed by atoms with Crippen molar-refractivity contribution < 1.29 is 54.4 Å². The number of aliphatic imine (C=N–C) groups is 1. The summed E-state index contributed by atoms with van der Waals surface area (Å²) in [6, 6.07) is 7.89. The maximum absolute atomic E-state index is 11.3. The summed E-state index contributed by atoms with van der Waals surface area (Å²) in [5.74, 6) is -1.36. The molecule has 6 N–H and O–H groups in total. The van der Waals surface area contributed by atoms with E-state index < -0.39 is 73.9 Å². The van der Waals surface area contributed by atoms with Gasteiger partial charge in [-0.25, -0.2) is 9.79 Å². The highest BCUT2D eigenvalue weighted by atomic mass is 16.7. The Morgan fingerprint density at radius 3 is 2.35 bits per heavy atom. The van der Waals surface area contributed by atoms with Gasteiger partial charge in [-0.1, -0.05) is 18.2 Å². The summed E-state index contributed by atoms with van der Waals surface area (Å²) in [4.78, 5) is 15.7.